The second kappa shape index (κ2) is 7.86. The Labute approximate surface area is 163 Å². The molecule has 0 aliphatic carbocycles. The number of amides is 2. The molecule has 0 saturated carbocycles. The number of aromatic amines is 1. The van der Waals surface area contributed by atoms with E-state index in [9.17, 15) is 9.59 Å². The van der Waals surface area contributed by atoms with E-state index in [1.165, 1.54) is 15.8 Å². The maximum atomic E-state index is 12.7. The number of hydrogen-bond donors (Lipinski definition) is 2. The van der Waals surface area contributed by atoms with Crippen molar-refractivity contribution in [2.75, 3.05) is 18.1 Å². The highest BCUT2D eigenvalue weighted by molar-refractivity contribution is 6.22. The van der Waals surface area contributed by atoms with Gasteiger partial charge in [0.2, 0.25) is 5.91 Å². The van der Waals surface area contributed by atoms with Crippen molar-refractivity contribution in [3.05, 3.63) is 60.3 Å². The van der Waals surface area contributed by atoms with E-state index in [0.717, 1.165) is 17.7 Å². The summed E-state index contributed by atoms with van der Waals surface area (Å²) >= 11 is 0. The second-order valence-electron chi connectivity index (χ2n) is 6.81. The zero-order valence-corrected chi connectivity index (χ0v) is 15.8. The van der Waals surface area contributed by atoms with Gasteiger partial charge >= 0.3 is 0 Å². The number of imide groups is 1. The van der Waals surface area contributed by atoms with Crippen molar-refractivity contribution in [1.29, 1.82) is 0 Å². The maximum Gasteiger partial charge on any atom is 0.251 e. The number of para-hydroxylation sites is 1. The van der Waals surface area contributed by atoms with Crippen LogP contribution in [0, 0.1) is 0 Å². The summed E-state index contributed by atoms with van der Waals surface area (Å²) in [5.74, 6) is 0.339. The predicted octanol–water partition coefficient (Wildman–Crippen LogP) is 3.03. The fourth-order valence-electron chi connectivity index (χ4n) is 3.64. The van der Waals surface area contributed by atoms with E-state index in [1.807, 2.05) is 31.3 Å². The molecule has 1 aliphatic rings. The Morgan fingerprint density at radius 1 is 1.14 bits per heavy atom. The van der Waals surface area contributed by atoms with Gasteiger partial charge in [-0.2, -0.15) is 0 Å². The third-order valence-electron chi connectivity index (χ3n) is 5.01. The van der Waals surface area contributed by atoms with Gasteiger partial charge in [0.1, 0.15) is 5.75 Å². The number of anilines is 1. The zero-order chi connectivity index (χ0) is 19.5. The number of benzene rings is 2. The molecule has 2 amide bonds. The maximum absolute atomic E-state index is 12.7. The second-order valence-corrected chi connectivity index (χ2v) is 6.81. The first kappa shape index (κ1) is 18.3. The molecular formula is C22H23N3O3. The number of nitrogens with one attached hydrogen (secondary N) is 2. The van der Waals surface area contributed by atoms with Crippen LogP contribution in [0.5, 0.6) is 5.75 Å². The molecule has 1 saturated heterocycles. The standard InChI is InChI=1S/C22H23N3O3/c1-2-28-17-9-7-16(8-10-17)25-21(26)13-20(22(25)27)23-12-11-15-14-24-19-6-4-3-5-18(15)19/h3-10,14,20,23-24H,2,11-13H2,1H3/t20-/m0/s1. The van der Waals surface area contributed by atoms with E-state index >= 15 is 0 Å². The molecule has 4 rings (SSSR count). The molecule has 1 atom stereocenters. The normalized spacial score (nSPS) is 16.9. The van der Waals surface area contributed by atoms with E-state index < -0.39 is 6.04 Å². The van der Waals surface area contributed by atoms with E-state index in [1.54, 1.807) is 24.3 Å². The fourth-order valence-corrected chi connectivity index (χ4v) is 3.64. The van der Waals surface area contributed by atoms with Crippen molar-refractivity contribution < 1.29 is 14.3 Å². The first-order valence-electron chi connectivity index (χ1n) is 9.55. The Morgan fingerprint density at radius 2 is 1.93 bits per heavy atom. The number of ether oxygens (including phenoxy) is 1. The van der Waals surface area contributed by atoms with Gasteiger partial charge < -0.3 is 15.0 Å². The molecule has 2 heterocycles. The van der Waals surface area contributed by atoms with Crippen LogP contribution in [-0.2, 0) is 16.0 Å². The first-order chi connectivity index (χ1) is 13.7. The Morgan fingerprint density at radius 3 is 2.71 bits per heavy atom. The number of carbonyl (C=O) groups is 2. The minimum atomic E-state index is -0.482. The molecule has 2 aromatic carbocycles. The molecule has 0 bridgehead atoms. The average Bonchev–Trinajstić information content (AvgIpc) is 3.24. The number of H-pyrrole nitrogens is 1. The number of aromatic nitrogens is 1. The summed E-state index contributed by atoms with van der Waals surface area (Å²) in [7, 11) is 0. The van der Waals surface area contributed by atoms with E-state index in [0.29, 0.717) is 18.8 Å². The number of rotatable bonds is 7. The molecule has 3 aromatic rings. The lowest BCUT2D eigenvalue weighted by Crippen LogP contribution is -2.39. The third-order valence-corrected chi connectivity index (χ3v) is 5.01. The van der Waals surface area contributed by atoms with E-state index in [-0.39, 0.29) is 18.2 Å². The van der Waals surface area contributed by atoms with Crippen molar-refractivity contribution >= 4 is 28.4 Å². The highest BCUT2D eigenvalue weighted by atomic mass is 16.5. The largest absolute Gasteiger partial charge is 0.494 e. The van der Waals surface area contributed by atoms with E-state index in [2.05, 4.69) is 16.4 Å². The molecule has 144 valence electrons. The van der Waals surface area contributed by atoms with Crippen LogP contribution in [0.2, 0.25) is 0 Å². The summed E-state index contributed by atoms with van der Waals surface area (Å²) in [4.78, 5) is 29.7. The van der Waals surface area contributed by atoms with Gasteiger partial charge in [-0.15, -0.1) is 0 Å². The highest BCUT2D eigenvalue weighted by Crippen LogP contribution is 2.25. The van der Waals surface area contributed by atoms with Gasteiger partial charge in [0.15, 0.2) is 0 Å². The predicted molar refractivity (Wildman–Crippen MR) is 109 cm³/mol. The van der Waals surface area contributed by atoms with Crippen molar-refractivity contribution in [1.82, 2.24) is 10.3 Å². The summed E-state index contributed by atoms with van der Waals surface area (Å²) in [5, 5.41) is 4.43. The average molecular weight is 377 g/mol. The third kappa shape index (κ3) is 3.51. The summed E-state index contributed by atoms with van der Waals surface area (Å²) in [5.41, 5.74) is 2.88. The van der Waals surface area contributed by atoms with Gasteiger partial charge in [0.25, 0.3) is 5.91 Å². The van der Waals surface area contributed by atoms with Crippen LogP contribution < -0.4 is 15.0 Å². The van der Waals surface area contributed by atoms with Crippen molar-refractivity contribution in [3.8, 4) is 5.75 Å². The number of hydrogen-bond acceptors (Lipinski definition) is 4. The summed E-state index contributed by atoms with van der Waals surface area (Å²) in [6.07, 6.45) is 2.96. The zero-order valence-electron chi connectivity index (χ0n) is 15.8. The van der Waals surface area contributed by atoms with Gasteiger partial charge in [-0.25, -0.2) is 4.90 Å². The molecule has 1 fully saturated rings. The first-order valence-corrected chi connectivity index (χ1v) is 9.55. The molecule has 28 heavy (non-hydrogen) atoms. The Hall–Kier alpha value is -3.12. The van der Waals surface area contributed by atoms with Crippen LogP contribution in [-0.4, -0.2) is 36.0 Å². The van der Waals surface area contributed by atoms with Gasteiger partial charge in [0.05, 0.1) is 24.8 Å². The SMILES string of the molecule is CCOc1ccc(N2C(=O)C[C@H](NCCc3c[nH]c4ccccc34)C2=O)cc1. The van der Waals surface area contributed by atoms with Gasteiger partial charge in [-0.3, -0.25) is 9.59 Å². The lowest BCUT2D eigenvalue weighted by atomic mass is 10.1. The Balaban J connectivity index is 1.38. The molecule has 0 unspecified atom stereocenters. The Bertz CT molecular complexity index is 994. The Kier molecular flexibility index (Phi) is 5.12. The molecule has 0 spiro atoms. The minimum Gasteiger partial charge on any atom is -0.494 e. The molecular weight excluding hydrogens is 354 g/mol. The smallest absolute Gasteiger partial charge is 0.251 e. The van der Waals surface area contributed by atoms with Gasteiger partial charge in [0, 0.05) is 23.6 Å². The van der Waals surface area contributed by atoms with Crippen LogP contribution in [0.3, 0.4) is 0 Å². The summed E-state index contributed by atoms with van der Waals surface area (Å²) in [6, 6.07) is 14.7. The molecule has 6 nitrogen and oxygen atoms in total. The fraction of sp³-hybridized carbons (Fsp3) is 0.273. The lowest BCUT2D eigenvalue weighted by molar-refractivity contribution is -0.121. The van der Waals surface area contributed by atoms with Crippen LogP contribution in [0.4, 0.5) is 5.69 Å². The van der Waals surface area contributed by atoms with Crippen LogP contribution >= 0.6 is 0 Å². The lowest BCUT2D eigenvalue weighted by Gasteiger charge is -2.16. The van der Waals surface area contributed by atoms with Crippen LogP contribution in [0.1, 0.15) is 18.9 Å². The van der Waals surface area contributed by atoms with Crippen molar-refractivity contribution in [3.63, 3.8) is 0 Å². The summed E-state index contributed by atoms with van der Waals surface area (Å²) < 4.78 is 5.41. The summed E-state index contributed by atoms with van der Waals surface area (Å²) in [6.45, 7) is 3.11. The molecule has 1 aromatic heterocycles. The van der Waals surface area contributed by atoms with Crippen LogP contribution in [0.25, 0.3) is 10.9 Å². The molecule has 0 radical (unpaired) electrons. The molecule has 1 aliphatic heterocycles. The number of carbonyl (C=O) groups excluding carboxylic acids is 2. The number of fused-ring (bicyclic) bond motifs is 1. The van der Waals surface area contributed by atoms with Crippen LogP contribution in [0.15, 0.2) is 54.7 Å². The molecule has 2 N–H and O–H groups in total. The van der Waals surface area contributed by atoms with E-state index in [4.69, 9.17) is 4.74 Å². The number of nitrogens with zero attached hydrogens (tertiary/aromatic N) is 1. The monoisotopic (exact) mass is 377 g/mol. The minimum absolute atomic E-state index is 0.180. The van der Waals surface area contributed by atoms with Crippen molar-refractivity contribution in [2.24, 2.45) is 0 Å². The highest BCUT2D eigenvalue weighted by Gasteiger charge is 2.39. The molecule has 6 heteroatoms. The van der Waals surface area contributed by atoms with Crippen molar-refractivity contribution in [2.45, 2.75) is 25.8 Å². The topological polar surface area (TPSA) is 74.4 Å². The van der Waals surface area contributed by atoms with Gasteiger partial charge in [-0.05, 0) is 49.2 Å². The quantitative estimate of drug-likeness (QED) is 0.621. The van der Waals surface area contributed by atoms with Gasteiger partial charge in [-0.1, -0.05) is 18.2 Å².